The Hall–Kier alpha value is -2.22. The first-order chi connectivity index (χ1) is 9.70. The Labute approximate surface area is 121 Å². The SMILES string of the molecule is O=C(Nc1cc(C#CCCO)ccc1Cl)c1ccoc1. The van der Waals surface area contributed by atoms with E-state index in [0.717, 1.165) is 0 Å². The zero-order valence-electron chi connectivity index (χ0n) is 10.5. The number of anilines is 1. The first-order valence-electron chi connectivity index (χ1n) is 5.93. The molecular formula is C15H12ClNO3. The number of aliphatic hydroxyl groups is 1. The molecular weight excluding hydrogens is 278 g/mol. The average Bonchev–Trinajstić information content (AvgIpc) is 2.97. The highest BCUT2D eigenvalue weighted by Crippen LogP contribution is 2.23. The van der Waals surface area contributed by atoms with Crippen molar-refractivity contribution in [1.29, 1.82) is 0 Å². The molecule has 0 aliphatic carbocycles. The van der Waals surface area contributed by atoms with Crippen LogP contribution in [0.1, 0.15) is 22.3 Å². The number of carbonyl (C=O) groups is 1. The minimum Gasteiger partial charge on any atom is -0.472 e. The van der Waals surface area contributed by atoms with Gasteiger partial charge in [-0.25, -0.2) is 0 Å². The molecule has 0 spiro atoms. The summed E-state index contributed by atoms with van der Waals surface area (Å²) in [5.41, 5.74) is 1.61. The lowest BCUT2D eigenvalue weighted by molar-refractivity contribution is 0.102. The van der Waals surface area contributed by atoms with Crippen LogP contribution in [-0.4, -0.2) is 17.6 Å². The Bertz CT molecular complexity index is 653. The number of amides is 1. The maximum absolute atomic E-state index is 11.9. The van der Waals surface area contributed by atoms with Crippen LogP contribution >= 0.6 is 11.6 Å². The van der Waals surface area contributed by atoms with E-state index in [-0.39, 0.29) is 12.5 Å². The van der Waals surface area contributed by atoms with E-state index in [4.69, 9.17) is 21.1 Å². The number of benzene rings is 1. The van der Waals surface area contributed by atoms with Gasteiger partial charge in [0.1, 0.15) is 6.26 Å². The van der Waals surface area contributed by atoms with Gasteiger partial charge in [0.25, 0.3) is 5.91 Å². The van der Waals surface area contributed by atoms with Crippen molar-refractivity contribution in [3.8, 4) is 11.8 Å². The molecule has 5 heteroatoms. The molecule has 0 bridgehead atoms. The van der Waals surface area contributed by atoms with Crippen molar-refractivity contribution in [2.45, 2.75) is 6.42 Å². The minimum absolute atomic E-state index is 0.0185. The molecule has 1 aromatic heterocycles. The van der Waals surface area contributed by atoms with Crippen molar-refractivity contribution in [2.75, 3.05) is 11.9 Å². The first-order valence-corrected chi connectivity index (χ1v) is 6.31. The molecule has 20 heavy (non-hydrogen) atoms. The molecule has 0 radical (unpaired) electrons. The number of nitrogens with one attached hydrogen (secondary N) is 1. The molecule has 0 unspecified atom stereocenters. The Morgan fingerprint density at radius 2 is 2.25 bits per heavy atom. The predicted molar refractivity (Wildman–Crippen MR) is 76.7 cm³/mol. The normalized spacial score (nSPS) is 9.70. The lowest BCUT2D eigenvalue weighted by atomic mass is 10.2. The molecule has 0 aliphatic heterocycles. The van der Waals surface area contributed by atoms with Crippen LogP contribution in [0.3, 0.4) is 0 Å². The van der Waals surface area contributed by atoms with Crippen molar-refractivity contribution < 1.29 is 14.3 Å². The van der Waals surface area contributed by atoms with Gasteiger partial charge in [0.15, 0.2) is 0 Å². The molecule has 1 aromatic carbocycles. The highest BCUT2D eigenvalue weighted by molar-refractivity contribution is 6.34. The highest BCUT2D eigenvalue weighted by atomic mass is 35.5. The third kappa shape index (κ3) is 3.64. The van der Waals surface area contributed by atoms with E-state index in [0.29, 0.717) is 28.3 Å². The van der Waals surface area contributed by atoms with Gasteiger partial charge in [0.05, 0.1) is 29.1 Å². The Morgan fingerprint density at radius 3 is 2.95 bits per heavy atom. The van der Waals surface area contributed by atoms with E-state index in [1.54, 1.807) is 24.3 Å². The van der Waals surface area contributed by atoms with Gasteiger partial charge in [-0.15, -0.1) is 0 Å². The summed E-state index contributed by atoms with van der Waals surface area (Å²) >= 11 is 6.04. The van der Waals surface area contributed by atoms with Crippen LogP contribution in [0.2, 0.25) is 5.02 Å². The zero-order chi connectivity index (χ0) is 14.4. The molecule has 0 saturated carbocycles. The van der Waals surface area contributed by atoms with E-state index in [9.17, 15) is 4.79 Å². The summed E-state index contributed by atoms with van der Waals surface area (Å²) in [4.78, 5) is 11.9. The van der Waals surface area contributed by atoms with Crippen LogP contribution in [0.25, 0.3) is 0 Å². The van der Waals surface area contributed by atoms with Gasteiger partial charge in [0.2, 0.25) is 0 Å². The van der Waals surface area contributed by atoms with Crippen molar-refractivity contribution in [3.05, 3.63) is 52.9 Å². The molecule has 0 saturated heterocycles. The monoisotopic (exact) mass is 289 g/mol. The summed E-state index contributed by atoms with van der Waals surface area (Å²) in [6.07, 6.45) is 3.18. The lowest BCUT2D eigenvalue weighted by Gasteiger charge is -2.06. The van der Waals surface area contributed by atoms with Gasteiger partial charge >= 0.3 is 0 Å². The van der Waals surface area contributed by atoms with Gasteiger partial charge in [-0.1, -0.05) is 23.4 Å². The summed E-state index contributed by atoms with van der Waals surface area (Å²) < 4.78 is 4.85. The largest absolute Gasteiger partial charge is 0.472 e. The predicted octanol–water partition coefficient (Wildman–Crippen LogP) is 2.92. The highest BCUT2D eigenvalue weighted by Gasteiger charge is 2.09. The van der Waals surface area contributed by atoms with Crippen LogP contribution in [0.15, 0.2) is 41.2 Å². The summed E-state index contributed by atoms with van der Waals surface area (Å²) in [5, 5.41) is 11.8. The zero-order valence-corrected chi connectivity index (χ0v) is 11.3. The smallest absolute Gasteiger partial charge is 0.258 e. The van der Waals surface area contributed by atoms with E-state index in [1.165, 1.54) is 12.5 Å². The Balaban J connectivity index is 2.17. The van der Waals surface area contributed by atoms with E-state index in [1.807, 2.05) is 0 Å². The van der Waals surface area contributed by atoms with Gasteiger partial charge in [-0.3, -0.25) is 4.79 Å². The molecule has 0 fully saturated rings. The number of halogens is 1. The number of hydrogen-bond donors (Lipinski definition) is 2. The van der Waals surface area contributed by atoms with Crippen LogP contribution in [0.4, 0.5) is 5.69 Å². The van der Waals surface area contributed by atoms with Gasteiger partial charge < -0.3 is 14.8 Å². The van der Waals surface area contributed by atoms with Gasteiger partial charge in [-0.2, -0.15) is 0 Å². The van der Waals surface area contributed by atoms with Crippen LogP contribution < -0.4 is 5.32 Å². The summed E-state index contributed by atoms with van der Waals surface area (Å²) in [7, 11) is 0. The number of hydrogen-bond acceptors (Lipinski definition) is 3. The second-order valence-electron chi connectivity index (χ2n) is 3.94. The topological polar surface area (TPSA) is 62.5 Å². The fourth-order valence-corrected chi connectivity index (χ4v) is 1.67. The minimum atomic E-state index is -0.305. The number of rotatable bonds is 3. The van der Waals surface area contributed by atoms with Gasteiger partial charge in [0, 0.05) is 12.0 Å². The van der Waals surface area contributed by atoms with E-state index < -0.39 is 0 Å². The maximum Gasteiger partial charge on any atom is 0.258 e. The fraction of sp³-hybridized carbons (Fsp3) is 0.133. The van der Waals surface area contributed by atoms with Crippen molar-refractivity contribution in [2.24, 2.45) is 0 Å². The second kappa shape index (κ2) is 6.80. The number of aliphatic hydroxyl groups excluding tert-OH is 1. The molecule has 0 aliphatic rings. The summed E-state index contributed by atoms with van der Waals surface area (Å²) in [6, 6.07) is 6.66. The van der Waals surface area contributed by atoms with Crippen molar-refractivity contribution in [1.82, 2.24) is 0 Å². The first kappa shape index (κ1) is 14.2. The molecule has 2 N–H and O–H groups in total. The maximum atomic E-state index is 11.9. The molecule has 102 valence electrons. The van der Waals surface area contributed by atoms with Crippen molar-refractivity contribution >= 4 is 23.2 Å². The molecule has 2 rings (SSSR count). The van der Waals surface area contributed by atoms with E-state index in [2.05, 4.69) is 17.2 Å². The Kier molecular flexibility index (Phi) is 4.83. The Morgan fingerprint density at radius 1 is 1.40 bits per heavy atom. The number of carbonyl (C=O) groups excluding carboxylic acids is 1. The summed E-state index contributed by atoms with van der Waals surface area (Å²) in [5.74, 6) is 5.39. The lowest BCUT2D eigenvalue weighted by Crippen LogP contribution is -2.11. The fourth-order valence-electron chi connectivity index (χ4n) is 1.51. The average molecular weight is 290 g/mol. The van der Waals surface area contributed by atoms with E-state index >= 15 is 0 Å². The molecule has 1 heterocycles. The summed E-state index contributed by atoms with van der Waals surface area (Å²) in [6.45, 7) is 0.0185. The van der Waals surface area contributed by atoms with Crippen LogP contribution in [0, 0.1) is 11.8 Å². The molecule has 4 nitrogen and oxygen atoms in total. The molecule has 1 amide bonds. The third-order valence-corrected chi connectivity index (χ3v) is 2.80. The van der Waals surface area contributed by atoms with Crippen LogP contribution in [0.5, 0.6) is 0 Å². The quantitative estimate of drug-likeness (QED) is 0.854. The molecule has 0 atom stereocenters. The van der Waals surface area contributed by atoms with Gasteiger partial charge in [-0.05, 0) is 24.3 Å². The van der Waals surface area contributed by atoms with Crippen molar-refractivity contribution in [3.63, 3.8) is 0 Å². The van der Waals surface area contributed by atoms with Crippen LogP contribution in [-0.2, 0) is 0 Å². The number of furan rings is 1. The second-order valence-corrected chi connectivity index (χ2v) is 4.34. The third-order valence-electron chi connectivity index (χ3n) is 2.47. The molecule has 2 aromatic rings. The standard InChI is InChI=1S/C15H12ClNO3/c16-13-5-4-11(3-1-2-7-18)9-14(13)17-15(19)12-6-8-20-10-12/h4-6,8-10,18H,2,7H2,(H,17,19).